The number of nitrogens with one attached hydrogen (secondary N) is 1. The average molecular weight is 212 g/mol. The van der Waals surface area contributed by atoms with E-state index in [9.17, 15) is 0 Å². The van der Waals surface area contributed by atoms with Crippen LogP contribution in [0.5, 0.6) is 0 Å². The van der Waals surface area contributed by atoms with Crippen LogP contribution in [0.2, 0.25) is 5.02 Å². The van der Waals surface area contributed by atoms with Crippen LogP contribution in [0.4, 0.5) is 0 Å². The third kappa shape index (κ3) is 3.00. The van der Waals surface area contributed by atoms with Crippen LogP contribution < -0.4 is 5.32 Å². The van der Waals surface area contributed by atoms with E-state index < -0.39 is 0 Å². The molecule has 1 rings (SSSR count). The second-order valence-corrected chi connectivity index (χ2v) is 4.13. The first-order chi connectivity index (χ1) is 6.65. The quantitative estimate of drug-likeness (QED) is 0.799. The Labute approximate surface area is 91.5 Å². The fourth-order valence-corrected chi connectivity index (χ4v) is 1.76. The number of hydrogen-bond acceptors (Lipinski definition) is 1. The van der Waals surface area contributed by atoms with E-state index in [0.717, 1.165) is 11.4 Å². The summed E-state index contributed by atoms with van der Waals surface area (Å²) in [4.78, 5) is 0. The SMILES string of the molecule is CC[C@@H](C)N[C@@H](C)c1ccccc1Cl. The molecule has 2 heteroatoms. The van der Waals surface area contributed by atoms with Gasteiger partial charge in [-0.15, -0.1) is 0 Å². The van der Waals surface area contributed by atoms with Crippen molar-refractivity contribution in [3.05, 3.63) is 34.9 Å². The molecule has 0 aliphatic rings. The molecule has 0 bridgehead atoms. The van der Waals surface area contributed by atoms with Crippen molar-refractivity contribution in [1.82, 2.24) is 5.32 Å². The molecule has 0 aromatic heterocycles. The third-order valence-corrected chi connectivity index (χ3v) is 2.86. The lowest BCUT2D eigenvalue weighted by molar-refractivity contribution is 0.469. The smallest absolute Gasteiger partial charge is 0.0453 e. The molecule has 1 aromatic rings. The number of hydrogen-bond donors (Lipinski definition) is 1. The Hall–Kier alpha value is -0.530. The highest BCUT2D eigenvalue weighted by atomic mass is 35.5. The molecule has 0 fully saturated rings. The van der Waals surface area contributed by atoms with Crippen molar-refractivity contribution in [2.24, 2.45) is 0 Å². The standard InChI is InChI=1S/C12H18ClN/c1-4-9(2)14-10(3)11-7-5-6-8-12(11)13/h5-10,14H,4H2,1-3H3/t9-,10+/m1/s1. The van der Waals surface area contributed by atoms with Crippen LogP contribution >= 0.6 is 11.6 Å². The van der Waals surface area contributed by atoms with Crippen molar-refractivity contribution in [2.45, 2.75) is 39.3 Å². The maximum Gasteiger partial charge on any atom is 0.0453 e. The predicted molar refractivity (Wildman–Crippen MR) is 62.8 cm³/mol. The Morgan fingerprint density at radius 1 is 1.29 bits per heavy atom. The second-order valence-electron chi connectivity index (χ2n) is 3.72. The first-order valence-corrected chi connectivity index (χ1v) is 5.53. The fraction of sp³-hybridized carbons (Fsp3) is 0.500. The molecule has 1 aromatic carbocycles. The summed E-state index contributed by atoms with van der Waals surface area (Å²) in [5.41, 5.74) is 1.18. The summed E-state index contributed by atoms with van der Waals surface area (Å²) in [5.74, 6) is 0. The Morgan fingerprint density at radius 2 is 1.93 bits per heavy atom. The molecule has 14 heavy (non-hydrogen) atoms. The number of benzene rings is 1. The Bertz CT molecular complexity index is 285. The molecule has 1 N–H and O–H groups in total. The molecule has 0 heterocycles. The molecule has 0 unspecified atom stereocenters. The molecule has 0 spiro atoms. The van der Waals surface area contributed by atoms with Gasteiger partial charge < -0.3 is 5.32 Å². The number of rotatable bonds is 4. The summed E-state index contributed by atoms with van der Waals surface area (Å²) in [6, 6.07) is 8.84. The second kappa shape index (κ2) is 5.38. The van der Waals surface area contributed by atoms with Crippen LogP contribution in [-0.2, 0) is 0 Å². The Morgan fingerprint density at radius 3 is 2.50 bits per heavy atom. The van der Waals surface area contributed by atoms with E-state index >= 15 is 0 Å². The van der Waals surface area contributed by atoms with Crippen LogP contribution in [-0.4, -0.2) is 6.04 Å². The minimum Gasteiger partial charge on any atom is -0.308 e. The van der Waals surface area contributed by atoms with Gasteiger partial charge in [0.1, 0.15) is 0 Å². The zero-order chi connectivity index (χ0) is 10.6. The summed E-state index contributed by atoms with van der Waals surface area (Å²) in [5, 5.41) is 4.35. The Balaban J connectivity index is 2.69. The van der Waals surface area contributed by atoms with Crippen LogP contribution in [0.1, 0.15) is 38.8 Å². The molecule has 0 radical (unpaired) electrons. The van der Waals surface area contributed by atoms with Gasteiger partial charge in [-0.2, -0.15) is 0 Å². The molecular formula is C12H18ClN. The van der Waals surface area contributed by atoms with Crippen molar-refractivity contribution in [2.75, 3.05) is 0 Å². The van der Waals surface area contributed by atoms with Gasteiger partial charge >= 0.3 is 0 Å². The minimum atomic E-state index is 0.318. The summed E-state index contributed by atoms with van der Waals surface area (Å²) in [6.07, 6.45) is 1.13. The van der Waals surface area contributed by atoms with Crippen molar-refractivity contribution in [1.29, 1.82) is 0 Å². The fourth-order valence-electron chi connectivity index (χ4n) is 1.46. The van der Waals surface area contributed by atoms with Gasteiger partial charge in [0.2, 0.25) is 0 Å². The maximum absolute atomic E-state index is 6.11. The lowest BCUT2D eigenvalue weighted by Crippen LogP contribution is -2.28. The van der Waals surface area contributed by atoms with E-state index in [1.807, 2.05) is 18.2 Å². The van der Waals surface area contributed by atoms with Gasteiger partial charge in [-0.25, -0.2) is 0 Å². The predicted octanol–water partition coefficient (Wildman–Crippen LogP) is 3.79. The van der Waals surface area contributed by atoms with Crippen molar-refractivity contribution >= 4 is 11.6 Å². The molecule has 1 nitrogen and oxygen atoms in total. The van der Waals surface area contributed by atoms with Gasteiger partial charge in [-0.1, -0.05) is 36.7 Å². The van der Waals surface area contributed by atoms with Crippen molar-refractivity contribution < 1.29 is 0 Å². The summed E-state index contributed by atoms with van der Waals surface area (Å²) < 4.78 is 0. The Kier molecular flexibility index (Phi) is 4.43. The van der Waals surface area contributed by atoms with Gasteiger partial charge in [-0.05, 0) is 31.9 Å². The molecule has 0 saturated heterocycles. The van der Waals surface area contributed by atoms with E-state index in [0.29, 0.717) is 12.1 Å². The lowest BCUT2D eigenvalue weighted by atomic mass is 10.1. The van der Waals surface area contributed by atoms with E-state index in [4.69, 9.17) is 11.6 Å². The van der Waals surface area contributed by atoms with Gasteiger partial charge in [0.05, 0.1) is 0 Å². The molecular weight excluding hydrogens is 194 g/mol. The highest BCUT2D eigenvalue weighted by molar-refractivity contribution is 6.31. The van der Waals surface area contributed by atoms with Gasteiger partial charge in [0.25, 0.3) is 0 Å². The van der Waals surface area contributed by atoms with Crippen LogP contribution in [0, 0.1) is 0 Å². The topological polar surface area (TPSA) is 12.0 Å². The van der Waals surface area contributed by atoms with Crippen LogP contribution in [0.25, 0.3) is 0 Å². The normalized spacial score (nSPS) is 15.1. The average Bonchev–Trinajstić information content (AvgIpc) is 2.18. The lowest BCUT2D eigenvalue weighted by Gasteiger charge is -2.19. The summed E-state index contributed by atoms with van der Waals surface area (Å²) in [7, 11) is 0. The summed E-state index contributed by atoms with van der Waals surface area (Å²) >= 11 is 6.11. The molecule has 0 saturated carbocycles. The van der Waals surface area contributed by atoms with E-state index in [1.54, 1.807) is 0 Å². The van der Waals surface area contributed by atoms with Crippen LogP contribution in [0.3, 0.4) is 0 Å². The molecule has 0 aliphatic carbocycles. The largest absolute Gasteiger partial charge is 0.308 e. The van der Waals surface area contributed by atoms with Gasteiger partial charge in [0, 0.05) is 17.1 Å². The first kappa shape index (κ1) is 11.5. The zero-order valence-electron chi connectivity index (χ0n) is 9.05. The molecule has 0 amide bonds. The molecule has 78 valence electrons. The van der Waals surface area contributed by atoms with Gasteiger partial charge in [0.15, 0.2) is 0 Å². The summed E-state index contributed by atoms with van der Waals surface area (Å²) in [6.45, 7) is 6.51. The highest BCUT2D eigenvalue weighted by Gasteiger charge is 2.10. The minimum absolute atomic E-state index is 0.318. The number of halogens is 1. The van der Waals surface area contributed by atoms with Crippen LogP contribution in [0.15, 0.2) is 24.3 Å². The van der Waals surface area contributed by atoms with Gasteiger partial charge in [-0.3, -0.25) is 0 Å². The molecule has 0 aliphatic heterocycles. The van der Waals surface area contributed by atoms with Crippen molar-refractivity contribution in [3.8, 4) is 0 Å². The van der Waals surface area contributed by atoms with E-state index in [2.05, 4.69) is 32.2 Å². The third-order valence-electron chi connectivity index (χ3n) is 2.52. The highest BCUT2D eigenvalue weighted by Crippen LogP contribution is 2.22. The van der Waals surface area contributed by atoms with E-state index in [1.165, 1.54) is 5.56 Å². The van der Waals surface area contributed by atoms with E-state index in [-0.39, 0.29) is 0 Å². The maximum atomic E-state index is 6.11. The first-order valence-electron chi connectivity index (χ1n) is 5.15. The monoisotopic (exact) mass is 211 g/mol. The van der Waals surface area contributed by atoms with Crippen molar-refractivity contribution in [3.63, 3.8) is 0 Å². The molecule has 2 atom stereocenters. The zero-order valence-corrected chi connectivity index (χ0v) is 9.81.